The summed E-state index contributed by atoms with van der Waals surface area (Å²) in [6, 6.07) is 15.2. The number of benzene rings is 1. The molecule has 0 bridgehead atoms. The third-order valence-electron chi connectivity index (χ3n) is 2.95. The van der Waals surface area contributed by atoms with E-state index in [9.17, 15) is 4.79 Å². The Morgan fingerprint density at radius 2 is 1.43 bits per heavy atom. The van der Waals surface area contributed by atoms with Gasteiger partial charge in [-0.2, -0.15) is 0 Å². The molecule has 6 heteroatoms. The van der Waals surface area contributed by atoms with E-state index in [1.807, 2.05) is 90.2 Å². The Hall–Kier alpha value is -3.12. The fourth-order valence-corrected chi connectivity index (χ4v) is 1.79. The molecular formula is C24H37N5O. The summed E-state index contributed by atoms with van der Waals surface area (Å²) in [5.74, 6) is -0.0359. The Balaban J connectivity index is 0. The van der Waals surface area contributed by atoms with Crippen LogP contribution in [0.4, 0.5) is 5.69 Å². The number of anilines is 1. The van der Waals surface area contributed by atoms with E-state index < -0.39 is 0 Å². The van der Waals surface area contributed by atoms with Crippen molar-refractivity contribution >= 4 is 11.6 Å². The molecule has 3 aromatic rings. The average molecular weight is 412 g/mol. The first-order valence-electron chi connectivity index (χ1n) is 10.2. The lowest BCUT2D eigenvalue weighted by molar-refractivity contribution is -0.114. The molecule has 0 atom stereocenters. The molecule has 164 valence electrons. The highest BCUT2D eigenvalue weighted by Gasteiger charge is 1.90. The zero-order chi connectivity index (χ0) is 23.0. The Kier molecular flexibility index (Phi) is 21.5. The van der Waals surface area contributed by atoms with Crippen molar-refractivity contribution in [1.82, 2.24) is 20.3 Å². The van der Waals surface area contributed by atoms with Crippen LogP contribution in [-0.4, -0.2) is 27.9 Å². The molecule has 0 aliphatic carbocycles. The van der Waals surface area contributed by atoms with Crippen molar-refractivity contribution in [2.75, 3.05) is 12.4 Å². The van der Waals surface area contributed by atoms with Gasteiger partial charge in [0.05, 0.1) is 0 Å². The minimum Gasteiger partial charge on any atom is -0.326 e. The summed E-state index contributed by atoms with van der Waals surface area (Å²) < 4.78 is 0. The molecule has 2 N–H and O–H groups in total. The van der Waals surface area contributed by atoms with Gasteiger partial charge in [0, 0.05) is 43.4 Å². The Labute approximate surface area is 182 Å². The summed E-state index contributed by atoms with van der Waals surface area (Å²) >= 11 is 0. The van der Waals surface area contributed by atoms with Crippen LogP contribution in [0, 0.1) is 6.92 Å². The van der Waals surface area contributed by atoms with E-state index in [1.54, 1.807) is 18.6 Å². The monoisotopic (exact) mass is 411 g/mol. The second-order valence-corrected chi connectivity index (χ2v) is 5.28. The topological polar surface area (TPSA) is 79.8 Å². The van der Waals surface area contributed by atoms with Crippen molar-refractivity contribution in [1.29, 1.82) is 0 Å². The van der Waals surface area contributed by atoms with Crippen LogP contribution in [0.2, 0.25) is 0 Å². The quantitative estimate of drug-likeness (QED) is 0.613. The number of hydrogen-bond acceptors (Lipinski definition) is 5. The number of carbonyl (C=O) groups excluding carboxylic acids is 1. The molecule has 3 rings (SSSR count). The number of aromatic nitrogens is 3. The lowest BCUT2D eigenvalue weighted by Gasteiger charge is -1.98. The van der Waals surface area contributed by atoms with E-state index in [2.05, 4.69) is 25.6 Å². The molecule has 1 aromatic carbocycles. The fourth-order valence-electron chi connectivity index (χ4n) is 1.79. The second-order valence-electron chi connectivity index (χ2n) is 5.28. The van der Waals surface area contributed by atoms with Gasteiger partial charge < -0.3 is 10.6 Å². The van der Waals surface area contributed by atoms with Gasteiger partial charge in [0.25, 0.3) is 0 Å². The number of rotatable bonds is 3. The summed E-state index contributed by atoms with van der Waals surface area (Å²) in [5, 5.41) is 5.72. The second kappa shape index (κ2) is 22.2. The highest BCUT2D eigenvalue weighted by molar-refractivity contribution is 5.88. The van der Waals surface area contributed by atoms with Crippen LogP contribution in [0.1, 0.15) is 45.9 Å². The molecule has 1 amide bonds. The highest BCUT2D eigenvalue weighted by Crippen LogP contribution is 2.03. The minimum atomic E-state index is -0.0359. The van der Waals surface area contributed by atoms with E-state index in [1.165, 1.54) is 18.8 Å². The molecular weight excluding hydrogens is 374 g/mol. The first kappa shape index (κ1) is 29.1. The number of hydrogen-bond donors (Lipinski definition) is 2. The zero-order valence-electron chi connectivity index (χ0n) is 19.4. The predicted octanol–water partition coefficient (Wildman–Crippen LogP) is 5.28. The van der Waals surface area contributed by atoms with Crippen LogP contribution in [0.25, 0.3) is 0 Å². The maximum Gasteiger partial charge on any atom is 0.221 e. The SMILES string of the molecule is CC.CC.CC(=O)Nc1ccccc1.CNCc1ccncc1.Cc1ccncn1. The van der Waals surface area contributed by atoms with Crippen LogP contribution in [0.3, 0.4) is 0 Å². The van der Waals surface area contributed by atoms with Crippen molar-refractivity contribution < 1.29 is 4.79 Å². The Morgan fingerprint density at radius 1 is 0.867 bits per heavy atom. The van der Waals surface area contributed by atoms with Gasteiger partial charge in [0.1, 0.15) is 6.33 Å². The number of aryl methyl sites for hydroxylation is 1. The molecule has 30 heavy (non-hydrogen) atoms. The Morgan fingerprint density at radius 3 is 1.83 bits per heavy atom. The van der Waals surface area contributed by atoms with Gasteiger partial charge in [-0.3, -0.25) is 9.78 Å². The zero-order valence-corrected chi connectivity index (χ0v) is 19.4. The molecule has 0 spiro atoms. The molecule has 0 radical (unpaired) electrons. The molecule has 0 saturated heterocycles. The largest absolute Gasteiger partial charge is 0.326 e. The third kappa shape index (κ3) is 18.3. The number of pyridine rings is 1. The molecule has 2 heterocycles. The van der Waals surface area contributed by atoms with Crippen molar-refractivity contribution in [3.8, 4) is 0 Å². The molecule has 0 aliphatic rings. The van der Waals surface area contributed by atoms with Gasteiger partial charge in [0.15, 0.2) is 0 Å². The van der Waals surface area contributed by atoms with Crippen LogP contribution < -0.4 is 10.6 Å². The molecule has 0 aliphatic heterocycles. The molecule has 0 unspecified atom stereocenters. The fraction of sp³-hybridized carbons (Fsp3) is 0.333. The molecule has 0 saturated carbocycles. The third-order valence-corrected chi connectivity index (χ3v) is 2.95. The van der Waals surface area contributed by atoms with Crippen molar-refractivity contribution in [2.24, 2.45) is 0 Å². The lowest BCUT2D eigenvalue weighted by Crippen LogP contribution is -2.04. The van der Waals surface area contributed by atoms with Crippen LogP contribution in [0.5, 0.6) is 0 Å². The van der Waals surface area contributed by atoms with E-state index in [-0.39, 0.29) is 5.91 Å². The van der Waals surface area contributed by atoms with Crippen molar-refractivity contribution in [3.63, 3.8) is 0 Å². The summed E-state index contributed by atoms with van der Waals surface area (Å²) in [5.41, 5.74) is 3.12. The number of nitrogens with zero attached hydrogens (tertiary/aromatic N) is 3. The summed E-state index contributed by atoms with van der Waals surface area (Å²) in [4.78, 5) is 22.0. The molecule has 0 fully saturated rings. The summed E-state index contributed by atoms with van der Waals surface area (Å²) in [6.45, 7) is 12.3. The number of nitrogens with one attached hydrogen (secondary N) is 2. The number of para-hydroxylation sites is 1. The maximum absolute atomic E-state index is 10.5. The first-order chi connectivity index (χ1) is 14.6. The Bertz CT molecular complexity index is 722. The lowest BCUT2D eigenvalue weighted by atomic mass is 10.3. The van der Waals surface area contributed by atoms with Crippen LogP contribution in [0.15, 0.2) is 73.4 Å². The van der Waals surface area contributed by atoms with E-state index in [0.29, 0.717) is 0 Å². The van der Waals surface area contributed by atoms with E-state index in [0.717, 1.165) is 17.9 Å². The van der Waals surface area contributed by atoms with Gasteiger partial charge >= 0.3 is 0 Å². The van der Waals surface area contributed by atoms with Crippen LogP contribution in [-0.2, 0) is 11.3 Å². The number of carbonyl (C=O) groups is 1. The van der Waals surface area contributed by atoms with Gasteiger partial charge in [-0.15, -0.1) is 0 Å². The maximum atomic E-state index is 10.5. The summed E-state index contributed by atoms with van der Waals surface area (Å²) in [7, 11) is 1.93. The van der Waals surface area contributed by atoms with Gasteiger partial charge in [-0.25, -0.2) is 9.97 Å². The normalized spacial score (nSPS) is 8.23. The van der Waals surface area contributed by atoms with Gasteiger partial charge in [-0.05, 0) is 49.9 Å². The molecule has 6 nitrogen and oxygen atoms in total. The van der Waals surface area contributed by atoms with Crippen molar-refractivity contribution in [2.45, 2.75) is 48.1 Å². The summed E-state index contributed by atoms with van der Waals surface area (Å²) in [6.07, 6.45) is 6.86. The standard InChI is InChI=1S/C8H9NO.C7H10N2.C5H6N2.2C2H6/c1-7(10)9-8-5-3-2-4-6-8;1-8-6-7-2-4-9-5-3-7;1-5-2-3-6-4-7-5;2*1-2/h2-6H,1H3,(H,9,10);2-5,8H,6H2,1H3;2-4H,1H3;2*1-2H3. The van der Waals surface area contributed by atoms with E-state index in [4.69, 9.17) is 0 Å². The van der Waals surface area contributed by atoms with Crippen LogP contribution >= 0.6 is 0 Å². The van der Waals surface area contributed by atoms with Crippen molar-refractivity contribution in [3.05, 3.63) is 84.7 Å². The van der Waals surface area contributed by atoms with Gasteiger partial charge in [0.2, 0.25) is 5.91 Å². The first-order valence-corrected chi connectivity index (χ1v) is 10.2. The highest BCUT2D eigenvalue weighted by atomic mass is 16.1. The molecule has 2 aromatic heterocycles. The predicted molar refractivity (Wildman–Crippen MR) is 127 cm³/mol. The average Bonchev–Trinajstić information content (AvgIpc) is 2.79. The minimum absolute atomic E-state index is 0.0359. The van der Waals surface area contributed by atoms with Gasteiger partial charge in [-0.1, -0.05) is 45.9 Å². The number of amides is 1. The van der Waals surface area contributed by atoms with E-state index >= 15 is 0 Å². The smallest absolute Gasteiger partial charge is 0.221 e.